The van der Waals surface area contributed by atoms with E-state index in [0.29, 0.717) is 22.8 Å². The summed E-state index contributed by atoms with van der Waals surface area (Å²) >= 11 is 0. The first kappa shape index (κ1) is 22.1. The van der Waals surface area contributed by atoms with Crippen LogP contribution in [0.1, 0.15) is 36.3 Å². The molecule has 0 aliphatic heterocycles. The van der Waals surface area contributed by atoms with E-state index in [1.165, 1.54) is 21.3 Å². The SMILES string of the molecule is CCOC(=O)C[C@@H](c1cc(OC)c(OC)c(OC)c1)c1oc(CO)cc(=O)c1O. The van der Waals surface area contributed by atoms with E-state index in [0.717, 1.165) is 6.07 Å². The first-order chi connectivity index (χ1) is 13.9. The van der Waals surface area contributed by atoms with Gasteiger partial charge in [-0.3, -0.25) is 9.59 Å². The second kappa shape index (κ2) is 9.83. The third-order valence-electron chi connectivity index (χ3n) is 4.24. The monoisotopic (exact) mass is 408 g/mol. The topological polar surface area (TPSA) is 125 Å². The molecule has 1 aromatic heterocycles. The molecule has 0 saturated carbocycles. The summed E-state index contributed by atoms with van der Waals surface area (Å²) < 4.78 is 26.5. The number of esters is 1. The van der Waals surface area contributed by atoms with Crippen LogP contribution in [0.15, 0.2) is 27.4 Å². The number of carbonyl (C=O) groups is 1. The molecule has 9 nitrogen and oxygen atoms in total. The van der Waals surface area contributed by atoms with Crippen LogP contribution in [-0.4, -0.2) is 44.1 Å². The fourth-order valence-corrected chi connectivity index (χ4v) is 2.92. The van der Waals surface area contributed by atoms with E-state index in [1.807, 2.05) is 0 Å². The predicted octanol–water partition coefficient (Wildman–Crippen LogP) is 1.95. The molecule has 29 heavy (non-hydrogen) atoms. The zero-order valence-electron chi connectivity index (χ0n) is 16.7. The summed E-state index contributed by atoms with van der Waals surface area (Å²) in [5.74, 6) is -1.40. The van der Waals surface area contributed by atoms with Crippen molar-refractivity contribution in [3.8, 4) is 23.0 Å². The standard InChI is InChI=1S/C20H24O9/c1-5-28-17(23)9-13(19-18(24)14(22)8-12(10-21)29-19)11-6-15(25-2)20(27-4)16(7-11)26-3/h6-8,13,21,24H,5,9-10H2,1-4H3/t13-/m0/s1. The minimum absolute atomic E-state index is 0.0518. The number of methoxy groups -OCH3 is 3. The fraction of sp³-hybridized carbons (Fsp3) is 0.400. The normalized spacial score (nSPS) is 11.6. The van der Waals surface area contributed by atoms with Crippen LogP contribution >= 0.6 is 0 Å². The van der Waals surface area contributed by atoms with E-state index in [4.69, 9.17) is 23.4 Å². The van der Waals surface area contributed by atoms with E-state index in [-0.39, 0.29) is 24.5 Å². The molecule has 0 spiro atoms. The molecule has 9 heteroatoms. The van der Waals surface area contributed by atoms with Crippen molar-refractivity contribution in [2.75, 3.05) is 27.9 Å². The molecular formula is C20H24O9. The molecule has 0 unspecified atom stereocenters. The number of ether oxygens (including phenoxy) is 4. The number of aliphatic hydroxyl groups is 1. The Bertz CT molecular complexity index is 892. The highest BCUT2D eigenvalue weighted by Gasteiger charge is 2.29. The van der Waals surface area contributed by atoms with Gasteiger partial charge < -0.3 is 33.6 Å². The van der Waals surface area contributed by atoms with Gasteiger partial charge in [-0.15, -0.1) is 0 Å². The molecule has 0 radical (unpaired) electrons. The lowest BCUT2D eigenvalue weighted by atomic mass is 9.91. The van der Waals surface area contributed by atoms with Crippen LogP contribution in [0.2, 0.25) is 0 Å². The Balaban J connectivity index is 2.71. The van der Waals surface area contributed by atoms with Gasteiger partial charge in [-0.25, -0.2) is 0 Å². The molecule has 1 atom stereocenters. The Morgan fingerprint density at radius 1 is 1.10 bits per heavy atom. The van der Waals surface area contributed by atoms with E-state index in [1.54, 1.807) is 19.1 Å². The fourth-order valence-electron chi connectivity index (χ4n) is 2.92. The van der Waals surface area contributed by atoms with Crippen molar-refractivity contribution in [1.29, 1.82) is 0 Å². The molecule has 0 bridgehead atoms. The minimum atomic E-state index is -0.915. The Hall–Kier alpha value is -3.20. The Morgan fingerprint density at radius 3 is 2.21 bits per heavy atom. The highest BCUT2D eigenvalue weighted by atomic mass is 16.5. The minimum Gasteiger partial charge on any atom is -0.502 e. The van der Waals surface area contributed by atoms with Gasteiger partial charge in [-0.05, 0) is 24.6 Å². The van der Waals surface area contributed by atoms with Crippen LogP contribution in [0.25, 0.3) is 0 Å². The lowest BCUT2D eigenvalue weighted by Gasteiger charge is -2.20. The molecule has 0 fully saturated rings. The maximum absolute atomic E-state index is 12.2. The largest absolute Gasteiger partial charge is 0.502 e. The van der Waals surface area contributed by atoms with Crippen LogP contribution in [0.5, 0.6) is 23.0 Å². The molecule has 158 valence electrons. The first-order valence-corrected chi connectivity index (χ1v) is 8.82. The summed E-state index contributed by atoms with van der Waals surface area (Å²) in [5.41, 5.74) is -0.294. The average molecular weight is 408 g/mol. The van der Waals surface area contributed by atoms with Gasteiger partial charge in [0.15, 0.2) is 17.3 Å². The molecule has 1 aromatic carbocycles. The van der Waals surface area contributed by atoms with Gasteiger partial charge in [0.05, 0.1) is 40.3 Å². The van der Waals surface area contributed by atoms with Crippen LogP contribution in [0, 0.1) is 0 Å². The van der Waals surface area contributed by atoms with E-state index >= 15 is 0 Å². The number of hydrogen-bond donors (Lipinski definition) is 2. The third kappa shape index (κ3) is 4.80. The van der Waals surface area contributed by atoms with E-state index in [9.17, 15) is 19.8 Å². The zero-order chi connectivity index (χ0) is 21.6. The molecule has 2 rings (SSSR count). The summed E-state index contributed by atoms with van der Waals surface area (Å²) in [5, 5.41) is 19.7. The maximum atomic E-state index is 12.2. The Morgan fingerprint density at radius 2 is 1.72 bits per heavy atom. The molecule has 1 heterocycles. The molecular weight excluding hydrogens is 384 g/mol. The number of benzene rings is 1. The molecule has 2 N–H and O–H groups in total. The van der Waals surface area contributed by atoms with Crippen LogP contribution in [0.3, 0.4) is 0 Å². The highest BCUT2D eigenvalue weighted by Crippen LogP contribution is 2.43. The molecule has 0 amide bonds. The summed E-state index contributed by atoms with van der Waals surface area (Å²) in [6, 6.07) is 4.14. The molecule has 0 aliphatic carbocycles. The smallest absolute Gasteiger partial charge is 0.306 e. The van der Waals surface area contributed by atoms with Crippen molar-refractivity contribution in [3.05, 3.63) is 45.5 Å². The van der Waals surface area contributed by atoms with Crippen molar-refractivity contribution >= 4 is 5.97 Å². The lowest BCUT2D eigenvalue weighted by Crippen LogP contribution is -2.15. The predicted molar refractivity (Wildman–Crippen MR) is 102 cm³/mol. The Labute approximate surface area is 167 Å². The quantitative estimate of drug-likeness (QED) is 0.599. The second-order valence-corrected chi connectivity index (χ2v) is 5.97. The van der Waals surface area contributed by atoms with Gasteiger partial charge in [0.1, 0.15) is 12.4 Å². The van der Waals surface area contributed by atoms with Gasteiger partial charge in [-0.1, -0.05) is 0 Å². The van der Waals surface area contributed by atoms with Gasteiger partial charge in [0.25, 0.3) is 0 Å². The summed E-state index contributed by atoms with van der Waals surface area (Å²) in [4.78, 5) is 24.3. The summed E-state index contributed by atoms with van der Waals surface area (Å²) in [6.45, 7) is 1.27. The number of aliphatic hydroxyl groups excluding tert-OH is 1. The van der Waals surface area contributed by atoms with Crippen molar-refractivity contribution in [1.82, 2.24) is 0 Å². The van der Waals surface area contributed by atoms with Crippen molar-refractivity contribution in [2.24, 2.45) is 0 Å². The van der Waals surface area contributed by atoms with Crippen molar-refractivity contribution in [3.63, 3.8) is 0 Å². The molecule has 0 aliphatic rings. The number of rotatable bonds is 9. The lowest BCUT2D eigenvalue weighted by molar-refractivity contribution is -0.143. The summed E-state index contributed by atoms with van der Waals surface area (Å²) in [7, 11) is 4.32. The van der Waals surface area contributed by atoms with E-state index < -0.39 is 29.7 Å². The van der Waals surface area contributed by atoms with Gasteiger partial charge in [0, 0.05) is 6.07 Å². The van der Waals surface area contributed by atoms with Crippen LogP contribution in [-0.2, 0) is 16.1 Å². The van der Waals surface area contributed by atoms with Crippen molar-refractivity contribution in [2.45, 2.75) is 25.9 Å². The van der Waals surface area contributed by atoms with Gasteiger partial charge in [0.2, 0.25) is 16.9 Å². The number of hydrogen-bond acceptors (Lipinski definition) is 9. The third-order valence-corrected chi connectivity index (χ3v) is 4.24. The summed E-state index contributed by atoms with van der Waals surface area (Å²) in [6.07, 6.45) is -0.238. The molecule has 2 aromatic rings. The number of aromatic hydroxyl groups is 1. The highest BCUT2D eigenvalue weighted by molar-refractivity contribution is 5.72. The van der Waals surface area contributed by atoms with Gasteiger partial charge in [-0.2, -0.15) is 0 Å². The first-order valence-electron chi connectivity index (χ1n) is 8.82. The van der Waals surface area contributed by atoms with Crippen LogP contribution in [0.4, 0.5) is 0 Å². The molecule has 0 saturated heterocycles. The van der Waals surface area contributed by atoms with Gasteiger partial charge >= 0.3 is 5.97 Å². The Kier molecular flexibility index (Phi) is 7.49. The van der Waals surface area contributed by atoms with Crippen LogP contribution < -0.4 is 19.6 Å². The maximum Gasteiger partial charge on any atom is 0.306 e. The van der Waals surface area contributed by atoms with Crippen molar-refractivity contribution < 1.29 is 38.4 Å². The van der Waals surface area contributed by atoms with E-state index in [2.05, 4.69) is 0 Å². The average Bonchev–Trinajstić information content (AvgIpc) is 2.73. The second-order valence-electron chi connectivity index (χ2n) is 5.97. The number of carbonyl (C=O) groups excluding carboxylic acids is 1. The zero-order valence-corrected chi connectivity index (χ0v) is 16.7.